The van der Waals surface area contributed by atoms with Crippen LogP contribution in [0.15, 0.2) is 0 Å². The van der Waals surface area contributed by atoms with Gasteiger partial charge in [-0.25, -0.2) is 0 Å². The van der Waals surface area contributed by atoms with Gasteiger partial charge in [-0.15, -0.1) is 0 Å². The topological polar surface area (TPSA) is 35.8 Å². The van der Waals surface area contributed by atoms with E-state index >= 15 is 0 Å². The largest absolute Gasteiger partial charge is 0.297 e. The molecule has 3 aliphatic carbocycles. The smallest absolute Gasteiger partial charge is 0.107 e. The third-order valence-corrected chi connectivity index (χ3v) is 4.35. The van der Waals surface area contributed by atoms with Crippen LogP contribution in [0.5, 0.6) is 0 Å². The van der Waals surface area contributed by atoms with Crippen LogP contribution in [0.2, 0.25) is 0 Å². The lowest BCUT2D eigenvalue weighted by molar-refractivity contribution is 0.209. The molecule has 0 aliphatic heterocycles. The van der Waals surface area contributed by atoms with Crippen LogP contribution in [-0.2, 0) is 0 Å². The fourth-order valence-electron chi connectivity index (χ4n) is 3.17. The van der Waals surface area contributed by atoms with Crippen molar-refractivity contribution in [2.75, 3.05) is 0 Å². The minimum absolute atomic E-state index is 0.146. The molecule has 3 aliphatic rings. The quantitative estimate of drug-likeness (QED) is 0.767. The molecule has 1 N–H and O–H groups in total. The molecular weight excluding hydrogens is 184 g/mol. The van der Waals surface area contributed by atoms with Crippen LogP contribution in [0.1, 0.15) is 51.4 Å². The first-order valence-electron chi connectivity index (χ1n) is 6.50. The Morgan fingerprint density at radius 3 is 2.47 bits per heavy atom. The number of nitrogens with one attached hydrogen (secondary N) is 1. The molecule has 2 unspecified atom stereocenters. The van der Waals surface area contributed by atoms with Gasteiger partial charge in [0.05, 0.1) is 6.07 Å². The molecule has 0 aromatic rings. The lowest BCUT2D eigenvalue weighted by Crippen LogP contribution is -2.48. The molecule has 3 saturated carbocycles. The van der Waals surface area contributed by atoms with Crippen molar-refractivity contribution in [3.63, 3.8) is 0 Å². The lowest BCUT2D eigenvalue weighted by Gasteiger charge is -2.37. The molecule has 0 radical (unpaired) electrons. The first-order valence-corrected chi connectivity index (χ1v) is 6.50. The summed E-state index contributed by atoms with van der Waals surface area (Å²) in [4.78, 5) is 0. The van der Waals surface area contributed by atoms with Gasteiger partial charge in [0.15, 0.2) is 0 Å². The first-order chi connectivity index (χ1) is 7.31. The highest BCUT2D eigenvalue weighted by atomic mass is 15.0. The van der Waals surface area contributed by atoms with Gasteiger partial charge in [-0.2, -0.15) is 5.26 Å². The van der Waals surface area contributed by atoms with Gasteiger partial charge in [0.25, 0.3) is 0 Å². The second kappa shape index (κ2) is 3.49. The van der Waals surface area contributed by atoms with Gasteiger partial charge in [0, 0.05) is 6.04 Å². The van der Waals surface area contributed by atoms with Crippen LogP contribution < -0.4 is 5.32 Å². The molecule has 0 saturated heterocycles. The summed E-state index contributed by atoms with van der Waals surface area (Å²) in [6, 6.07) is 3.26. The number of rotatable bonds is 3. The minimum Gasteiger partial charge on any atom is -0.297 e. The van der Waals surface area contributed by atoms with E-state index < -0.39 is 0 Å². The third kappa shape index (κ3) is 2.03. The Morgan fingerprint density at radius 2 is 1.87 bits per heavy atom. The van der Waals surface area contributed by atoms with Crippen molar-refractivity contribution in [2.45, 2.75) is 62.9 Å². The molecule has 2 atom stereocenters. The van der Waals surface area contributed by atoms with Crippen molar-refractivity contribution in [1.82, 2.24) is 5.32 Å². The maximum atomic E-state index is 9.43. The number of hydrogen-bond acceptors (Lipinski definition) is 2. The summed E-state index contributed by atoms with van der Waals surface area (Å²) < 4.78 is 0. The average molecular weight is 204 g/mol. The second-order valence-electron chi connectivity index (χ2n) is 5.81. The van der Waals surface area contributed by atoms with E-state index in [1.807, 2.05) is 0 Å². The minimum atomic E-state index is -0.146. The molecule has 0 heterocycles. The Bertz CT molecular complexity index is 285. The molecule has 3 rings (SSSR count). The highest BCUT2D eigenvalue weighted by molar-refractivity contribution is 5.13. The maximum Gasteiger partial charge on any atom is 0.107 e. The maximum absolute atomic E-state index is 9.43. The zero-order chi connectivity index (χ0) is 10.3. The summed E-state index contributed by atoms with van der Waals surface area (Å²) in [5.74, 6) is 1.82. The van der Waals surface area contributed by atoms with Gasteiger partial charge >= 0.3 is 0 Å². The molecule has 0 amide bonds. The van der Waals surface area contributed by atoms with Crippen LogP contribution in [-0.4, -0.2) is 11.6 Å². The lowest BCUT2D eigenvalue weighted by atomic mass is 9.74. The van der Waals surface area contributed by atoms with Gasteiger partial charge in [-0.05, 0) is 56.8 Å². The highest BCUT2D eigenvalue weighted by Crippen LogP contribution is 2.47. The van der Waals surface area contributed by atoms with Crippen molar-refractivity contribution >= 4 is 0 Å². The fraction of sp³-hybridized carbons (Fsp3) is 0.923. The molecule has 0 bridgehead atoms. The molecule has 2 nitrogen and oxygen atoms in total. The first kappa shape index (κ1) is 9.66. The Morgan fingerprint density at radius 1 is 1.07 bits per heavy atom. The molecule has 3 fully saturated rings. The summed E-state index contributed by atoms with van der Waals surface area (Å²) in [7, 11) is 0. The predicted octanol–water partition coefficient (Wildman–Crippen LogP) is 2.60. The van der Waals surface area contributed by atoms with Gasteiger partial charge < -0.3 is 0 Å². The number of hydrogen-bond donors (Lipinski definition) is 1. The Hall–Kier alpha value is -0.550. The van der Waals surface area contributed by atoms with Gasteiger partial charge in [0.1, 0.15) is 5.54 Å². The Labute approximate surface area is 92.0 Å². The van der Waals surface area contributed by atoms with E-state index in [-0.39, 0.29) is 5.54 Å². The highest BCUT2D eigenvalue weighted by Gasteiger charge is 2.44. The SMILES string of the molecule is N#CC1(NC2CC2)CCCC(C2CC2)C1. The summed E-state index contributed by atoms with van der Waals surface area (Å²) in [6.07, 6.45) is 10.3. The molecule has 0 spiro atoms. The van der Waals surface area contributed by atoms with Crippen molar-refractivity contribution in [2.24, 2.45) is 11.8 Å². The van der Waals surface area contributed by atoms with Crippen LogP contribution in [0, 0.1) is 23.2 Å². The van der Waals surface area contributed by atoms with E-state index in [1.54, 1.807) is 0 Å². The Kier molecular flexibility index (Phi) is 2.25. The molecule has 0 aromatic carbocycles. The van der Waals surface area contributed by atoms with Crippen molar-refractivity contribution in [3.8, 4) is 6.07 Å². The third-order valence-electron chi connectivity index (χ3n) is 4.35. The number of nitriles is 1. The van der Waals surface area contributed by atoms with Crippen molar-refractivity contribution < 1.29 is 0 Å². The van der Waals surface area contributed by atoms with Crippen molar-refractivity contribution in [3.05, 3.63) is 0 Å². The molecule has 2 heteroatoms. The summed E-state index contributed by atoms with van der Waals surface area (Å²) in [5.41, 5.74) is -0.146. The van der Waals surface area contributed by atoms with E-state index in [0.29, 0.717) is 6.04 Å². The van der Waals surface area contributed by atoms with E-state index in [0.717, 1.165) is 24.7 Å². The number of nitrogens with zero attached hydrogens (tertiary/aromatic N) is 1. The van der Waals surface area contributed by atoms with Gasteiger partial charge in [-0.3, -0.25) is 5.32 Å². The monoisotopic (exact) mass is 204 g/mol. The van der Waals surface area contributed by atoms with E-state index in [2.05, 4.69) is 11.4 Å². The molecule has 82 valence electrons. The normalized spacial score (nSPS) is 41.1. The zero-order valence-corrected chi connectivity index (χ0v) is 9.34. The molecule has 15 heavy (non-hydrogen) atoms. The van der Waals surface area contributed by atoms with Crippen molar-refractivity contribution in [1.29, 1.82) is 5.26 Å². The molecule has 0 aromatic heterocycles. The van der Waals surface area contributed by atoms with Gasteiger partial charge in [0.2, 0.25) is 0 Å². The van der Waals surface area contributed by atoms with Crippen LogP contribution >= 0.6 is 0 Å². The summed E-state index contributed by atoms with van der Waals surface area (Å²) in [5, 5.41) is 13.0. The van der Waals surface area contributed by atoms with Gasteiger partial charge in [-0.1, -0.05) is 6.42 Å². The summed E-state index contributed by atoms with van der Waals surface area (Å²) >= 11 is 0. The van der Waals surface area contributed by atoms with E-state index in [1.165, 1.54) is 38.5 Å². The van der Waals surface area contributed by atoms with Crippen LogP contribution in [0.3, 0.4) is 0 Å². The van der Waals surface area contributed by atoms with Crippen LogP contribution in [0.4, 0.5) is 0 Å². The predicted molar refractivity (Wildman–Crippen MR) is 59.2 cm³/mol. The standard InChI is InChI=1S/C13H20N2/c14-9-13(15-12-5-6-12)7-1-2-11(8-13)10-3-4-10/h10-12,15H,1-8H2. The second-order valence-corrected chi connectivity index (χ2v) is 5.81. The van der Waals surface area contributed by atoms with E-state index in [9.17, 15) is 5.26 Å². The fourth-order valence-corrected chi connectivity index (χ4v) is 3.17. The van der Waals surface area contributed by atoms with Crippen LogP contribution in [0.25, 0.3) is 0 Å². The van der Waals surface area contributed by atoms with E-state index in [4.69, 9.17) is 0 Å². The molecular formula is C13H20N2. The Balaban J connectivity index is 1.67. The summed E-state index contributed by atoms with van der Waals surface area (Å²) in [6.45, 7) is 0. The zero-order valence-electron chi connectivity index (χ0n) is 9.34. The average Bonchev–Trinajstić information content (AvgIpc) is 3.12.